The zero-order valence-corrected chi connectivity index (χ0v) is 10.8. The molecule has 0 aliphatic carbocycles. The van der Waals surface area contributed by atoms with Crippen LogP contribution < -0.4 is 5.32 Å². The molecule has 1 unspecified atom stereocenters. The van der Waals surface area contributed by atoms with Gasteiger partial charge < -0.3 is 10.2 Å². The highest BCUT2D eigenvalue weighted by molar-refractivity contribution is 5.76. The SMILES string of the molecule is CCCCCCCNC1CCC(=O)N(C)C1. The van der Waals surface area contributed by atoms with Gasteiger partial charge in [0, 0.05) is 26.1 Å². The molecule has 1 fully saturated rings. The molecule has 1 saturated heterocycles. The fraction of sp³-hybridized carbons (Fsp3) is 0.923. The highest BCUT2D eigenvalue weighted by atomic mass is 16.2. The lowest BCUT2D eigenvalue weighted by atomic mass is 10.1. The summed E-state index contributed by atoms with van der Waals surface area (Å²) >= 11 is 0. The first-order chi connectivity index (χ1) is 7.74. The average Bonchev–Trinajstić information content (AvgIpc) is 2.28. The number of carbonyl (C=O) groups is 1. The van der Waals surface area contributed by atoms with Crippen LogP contribution in [0.1, 0.15) is 51.9 Å². The van der Waals surface area contributed by atoms with E-state index in [1.807, 2.05) is 11.9 Å². The topological polar surface area (TPSA) is 32.3 Å². The summed E-state index contributed by atoms with van der Waals surface area (Å²) < 4.78 is 0. The van der Waals surface area contributed by atoms with Crippen LogP contribution in [0, 0.1) is 0 Å². The monoisotopic (exact) mass is 226 g/mol. The molecule has 3 heteroatoms. The molecule has 0 aromatic heterocycles. The number of likely N-dealkylation sites (N-methyl/N-ethyl adjacent to an activating group) is 1. The van der Waals surface area contributed by atoms with Crippen molar-refractivity contribution in [1.82, 2.24) is 10.2 Å². The minimum absolute atomic E-state index is 0.293. The molecule has 94 valence electrons. The number of piperidine rings is 1. The lowest BCUT2D eigenvalue weighted by molar-refractivity contribution is -0.132. The highest BCUT2D eigenvalue weighted by Gasteiger charge is 2.21. The van der Waals surface area contributed by atoms with Gasteiger partial charge in [0.1, 0.15) is 0 Å². The van der Waals surface area contributed by atoms with Gasteiger partial charge in [-0.2, -0.15) is 0 Å². The number of carbonyl (C=O) groups excluding carboxylic acids is 1. The Morgan fingerprint density at radius 2 is 2.06 bits per heavy atom. The van der Waals surface area contributed by atoms with Gasteiger partial charge in [0.15, 0.2) is 0 Å². The standard InChI is InChI=1S/C13H26N2O/c1-3-4-5-6-7-10-14-12-8-9-13(16)15(2)11-12/h12,14H,3-11H2,1-2H3. The van der Waals surface area contributed by atoms with Crippen LogP contribution in [0.2, 0.25) is 0 Å². The van der Waals surface area contributed by atoms with E-state index in [9.17, 15) is 4.79 Å². The first kappa shape index (κ1) is 13.5. The van der Waals surface area contributed by atoms with Gasteiger partial charge in [0.2, 0.25) is 5.91 Å². The van der Waals surface area contributed by atoms with E-state index in [1.165, 1.54) is 32.1 Å². The Bertz CT molecular complexity index is 206. The number of hydrogen-bond acceptors (Lipinski definition) is 2. The highest BCUT2D eigenvalue weighted by Crippen LogP contribution is 2.09. The fourth-order valence-electron chi connectivity index (χ4n) is 2.21. The summed E-state index contributed by atoms with van der Waals surface area (Å²) in [6.45, 7) is 4.23. The molecule has 0 radical (unpaired) electrons. The molecular formula is C13H26N2O. The third-order valence-corrected chi connectivity index (χ3v) is 3.34. The molecule has 1 heterocycles. The van der Waals surface area contributed by atoms with Crippen LogP contribution in [0.25, 0.3) is 0 Å². The number of nitrogens with one attached hydrogen (secondary N) is 1. The number of hydrogen-bond donors (Lipinski definition) is 1. The zero-order valence-electron chi connectivity index (χ0n) is 10.8. The molecule has 1 atom stereocenters. The number of rotatable bonds is 7. The van der Waals surface area contributed by atoms with Crippen molar-refractivity contribution in [2.45, 2.75) is 57.9 Å². The molecule has 3 nitrogen and oxygen atoms in total. The van der Waals surface area contributed by atoms with Gasteiger partial charge in [-0.05, 0) is 19.4 Å². The quantitative estimate of drug-likeness (QED) is 0.675. The number of amides is 1. The zero-order chi connectivity index (χ0) is 11.8. The molecule has 1 aliphatic heterocycles. The predicted octanol–water partition coefficient (Wildman–Crippen LogP) is 2.17. The van der Waals surface area contributed by atoms with Gasteiger partial charge in [-0.3, -0.25) is 4.79 Å². The molecule has 1 amide bonds. The van der Waals surface area contributed by atoms with Gasteiger partial charge in [-0.1, -0.05) is 32.6 Å². The van der Waals surface area contributed by atoms with Crippen LogP contribution in [0.5, 0.6) is 0 Å². The Morgan fingerprint density at radius 3 is 2.75 bits per heavy atom. The summed E-state index contributed by atoms with van der Waals surface area (Å²) in [6.07, 6.45) is 8.36. The maximum Gasteiger partial charge on any atom is 0.222 e. The Balaban J connectivity index is 1.99. The summed E-state index contributed by atoms with van der Waals surface area (Å²) in [4.78, 5) is 13.1. The van der Waals surface area contributed by atoms with Crippen LogP contribution in [0.4, 0.5) is 0 Å². The Labute approximate surface area is 99.6 Å². The summed E-state index contributed by atoms with van der Waals surface area (Å²) in [5.74, 6) is 0.293. The van der Waals surface area contributed by atoms with E-state index in [2.05, 4.69) is 12.2 Å². The van der Waals surface area contributed by atoms with Crippen LogP contribution in [-0.2, 0) is 4.79 Å². The molecule has 0 bridgehead atoms. The minimum atomic E-state index is 0.293. The van der Waals surface area contributed by atoms with Crippen LogP contribution in [0.3, 0.4) is 0 Å². The van der Waals surface area contributed by atoms with Crippen molar-refractivity contribution in [3.63, 3.8) is 0 Å². The maximum absolute atomic E-state index is 11.3. The molecule has 16 heavy (non-hydrogen) atoms. The van der Waals surface area contributed by atoms with Gasteiger partial charge in [0.05, 0.1) is 0 Å². The van der Waals surface area contributed by atoms with Crippen molar-refractivity contribution in [2.75, 3.05) is 20.1 Å². The van der Waals surface area contributed by atoms with E-state index in [1.54, 1.807) is 0 Å². The Kier molecular flexibility index (Phi) is 6.46. The van der Waals surface area contributed by atoms with E-state index in [0.717, 1.165) is 19.5 Å². The molecule has 0 spiro atoms. The summed E-state index contributed by atoms with van der Waals surface area (Å²) in [5, 5.41) is 3.56. The normalized spacial score (nSPS) is 21.5. The molecule has 0 saturated carbocycles. The van der Waals surface area contributed by atoms with E-state index >= 15 is 0 Å². The summed E-state index contributed by atoms with van der Waals surface area (Å²) in [5.41, 5.74) is 0. The number of nitrogens with zero attached hydrogens (tertiary/aromatic N) is 1. The van der Waals surface area contributed by atoms with E-state index in [4.69, 9.17) is 0 Å². The molecule has 0 aromatic rings. The third-order valence-electron chi connectivity index (χ3n) is 3.34. The molecule has 1 N–H and O–H groups in total. The smallest absolute Gasteiger partial charge is 0.222 e. The third kappa shape index (κ3) is 4.97. The molecular weight excluding hydrogens is 200 g/mol. The van der Waals surface area contributed by atoms with Gasteiger partial charge in [-0.15, -0.1) is 0 Å². The van der Waals surface area contributed by atoms with Crippen LogP contribution in [-0.4, -0.2) is 37.0 Å². The lowest BCUT2D eigenvalue weighted by Gasteiger charge is -2.30. The van der Waals surface area contributed by atoms with E-state index in [-0.39, 0.29) is 0 Å². The number of unbranched alkanes of at least 4 members (excludes halogenated alkanes) is 4. The van der Waals surface area contributed by atoms with Gasteiger partial charge in [-0.25, -0.2) is 0 Å². The van der Waals surface area contributed by atoms with Crippen molar-refractivity contribution < 1.29 is 4.79 Å². The van der Waals surface area contributed by atoms with Crippen molar-refractivity contribution >= 4 is 5.91 Å². The van der Waals surface area contributed by atoms with Crippen LogP contribution >= 0.6 is 0 Å². The van der Waals surface area contributed by atoms with Crippen molar-refractivity contribution in [3.8, 4) is 0 Å². The van der Waals surface area contributed by atoms with Crippen molar-refractivity contribution in [1.29, 1.82) is 0 Å². The maximum atomic E-state index is 11.3. The van der Waals surface area contributed by atoms with Gasteiger partial charge >= 0.3 is 0 Å². The molecule has 1 aliphatic rings. The molecule has 1 rings (SSSR count). The Hall–Kier alpha value is -0.570. The summed E-state index contributed by atoms with van der Waals surface area (Å²) in [6, 6.07) is 0.522. The second-order valence-electron chi connectivity index (χ2n) is 4.88. The molecule has 0 aromatic carbocycles. The second kappa shape index (κ2) is 7.66. The van der Waals surface area contributed by atoms with Gasteiger partial charge in [0.25, 0.3) is 0 Å². The van der Waals surface area contributed by atoms with E-state index < -0.39 is 0 Å². The first-order valence-electron chi connectivity index (χ1n) is 6.71. The van der Waals surface area contributed by atoms with E-state index in [0.29, 0.717) is 18.4 Å². The summed E-state index contributed by atoms with van der Waals surface area (Å²) in [7, 11) is 1.90. The lowest BCUT2D eigenvalue weighted by Crippen LogP contribution is -2.46. The van der Waals surface area contributed by atoms with Crippen molar-refractivity contribution in [3.05, 3.63) is 0 Å². The first-order valence-corrected chi connectivity index (χ1v) is 6.71. The van der Waals surface area contributed by atoms with Crippen LogP contribution in [0.15, 0.2) is 0 Å². The average molecular weight is 226 g/mol. The fourth-order valence-corrected chi connectivity index (χ4v) is 2.21. The predicted molar refractivity (Wildman–Crippen MR) is 67.4 cm³/mol. The minimum Gasteiger partial charge on any atom is -0.344 e. The van der Waals surface area contributed by atoms with Crippen molar-refractivity contribution in [2.24, 2.45) is 0 Å². The second-order valence-corrected chi connectivity index (χ2v) is 4.88. The Morgan fingerprint density at radius 1 is 1.31 bits per heavy atom. The number of likely N-dealkylation sites (tertiary alicyclic amines) is 1. The largest absolute Gasteiger partial charge is 0.344 e.